The normalized spacial score (nSPS) is 13.8. The zero-order valence-electron chi connectivity index (χ0n) is 9.37. The van der Waals surface area contributed by atoms with E-state index in [9.17, 15) is 4.79 Å². The summed E-state index contributed by atoms with van der Waals surface area (Å²) in [5.74, 6) is -0.475. The largest absolute Gasteiger partial charge is 0.465 e. The van der Waals surface area contributed by atoms with Crippen molar-refractivity contribution in [1.82, 2.24) is 0 Å². The number of hydrogen-bond donors (Lipinski definition) is 1. The van der Waals surface area contributed by atoms with E-state index in [-0.39, 0.29) is 30.7 Å². The lowest BCUT2D eigenvalue weighted by molar-refractivity contribution is -0.144. The third-order valence-corrected chi connectivity index (χ3v) is 1.53. The van der Waals surface area contributed by atoms with E-state index in [0.29, 0.717) is 6.61 Å². The van der Waals surface area contributed by atoms with Crippen LogP contribution in [0.3, 0.4) is 0 Å². The number of aliphatic hydroxyl groups excluding tert-OH is 1. The molecule has 0 aromatic rings. The highest BCUT2D eigenvalue weighted by atomic mass is 16.5. The Hall–Kier alpha value is -0.610. The van der Waals surface area contributed by atoms with Crippen molar-refractivity contribution in [2.75, 3.05) is 19.8 Å². The van der Waals surface area contributed by atoms with E-state index in [1.807, 2.05) is 20.8 Å². The van der Waals surface area contributed by atoms with Crippen molar-refractivity contribution in [1.29, 1.82) is 0 Å². The van der Waals surface area contributed by atoms with Gasteiger partial charge in [-0.3, -0.25) is 4.79 Å². The van der Waals surface area contributed by atoms with E-state index in [4.69, 9.17) is 14.6 Å². The highest BCUT2D eigenvalue weighted by molar-refractivity contribution is 5.65. The van der Waals surface area contributed by atoms with Crippen LogP contribution >= 0.6 is 0 Å². The first kappa shape index (κ1) is 13.4. The molecule has 0 rings (SSSR count). The van der Waals surface area contributed by atoms with Crippen LogP contribution in [-0.4, -0.2) is 36.5 Å². The van der Waals surface area contributed by atoms with Crippen LogP contribution in [0.4, 0.5) is 0 Å². The van der Waals surface area contributed by atoms with Crippen molar-refractivity contribution < 1.29 is 19.4 Å². The van der Waals surface area contributed by atoms with Gasteiger partial charge in [0.05, 0.1) is 25.4 Å². The maximum Gasteiger partial charge on any atom is 0.302 e. The molecule has 0 aliphatic carbocycles. The average molecular weight is 204 g/mol. The maximum absolute atomic E-state index is 10.5. The molecule has 0 saturated carbocycles. The number of hydrogen-bond acceptors (Lipinski definition) is 4. The molecular weight excluding hydrogens is 184 g/mol. The van der Waals surface area contributed by atoms with Gasteiger partial charge in [0, 0.05) is 12.8 Å². The van der Waals surface area contributed by atoms with Crippen molar-refractivity contribution in [3.8, 4) is 0 Å². The van der Waals surface area contributed by atoms with Gasteiger partial charge in [-0.05, 0) is 20.8 Å². The standard InChI is InChI=1S/C10H20O4/c1-8(12)13-6-9(5-11)7-14-10(2,3)4/h9,11H,5-7H2,1-4H3/t9-/m1/s1. The monoisotopic (exact) mass is 204 g/mol. The highest BCUT2D eigenvalue weighted by Gasteiger charge is 2.15. The molecule has 0 aliphatic rings. The van der Waals surface area contributed by atoms with E-state index >= 15 is 0 Å². The molecule has 0 radical (unpaired) electrons. The van der Waals surface area contributed by atoms with Gasteiger partial charge in [-0.15, -0.1) is 0 Å². The molecule has 0 aromatic heterocycles. The summed E-state index contributed by atoms with van der Waals surface area (Å²) in [6.45, 7) is 7.73. The minimum absolute atomic E-state index is 0.0383. The molecule has 1 N–H and O–H groups in total. The molecule has 14 heavy (non-hydrogen) atoms. The van der Waals surface area contributed by atoms with Gasteiger partial charge >= 0.3 is 5.97 Å². The van der Waals surface area contributed by atoms with E-state index in [1.54, 1.807) is 0 Å². The fraction of sp³-hybridized carbons (Fsp3) is 0.900. The second-order valence-electron chi connectivity index (χ2n) is 4.27. The Kier molecular flexibility index (Phi) is 5.72. The molecule has 0 spiro atoms. The average Bonchev–Trinajstić information content (AvgIpc) is 2.02. The Morgan fingerprint density at radius 1 is 1.36 bits per heavy atom. The van der Waals surface area contributed by atoms with E-state index in [1.165, 1.54) is 6.92 Å². The molecule has 0 aliphatic heterocycles. The Labute approximate surface area is 85.2 Å². The van der Waals surface area contributed by atoms with Crippen molar-refractivity contribution >= 4 is 5.97 Å². The number of ether oxygens (including phenoxy) is 2. The number of carbonyl (C=O) groups excluding carboxylic acids is 1. The summed E-state index contributed by atoms with van der Waals surface area (Å²) in [6.07, 6.45) is 0. The van der Waals surface area contributed by atoms with Gasteiger partial charge in [-0.2, -0.15) is 0 Å². The van der Waals surface area contributed by atoms with E-state index < -0.39 is 0 Å². The van der Waals surface area contributed by atoms with Gasteiger partial charge in [-0.25, -0.2) is 0 Å². The SMILES string of the molecule is CC(=O)OC[C@@H](CO)COC(C)(C)C. The molecule has 0 unspecified atom stereocenters. The van der Waals surface area contributed by atoms with Crippen LogP contribution < -0.4 is 0 Å². The fourth-order valence-electron chi connectivity index (χ4n) is 0.757. The van der Waals surface area contributed by atoms with Crippen molar-refractivity contribution in [2.24, 2.45) is 5.92 Å². The van der Waals surface area contributed by atoms with Crippen LogP contribution in [0.5, 0.6) is 0 Å². The summed E-state index contributed by atoms with van der Waals surface area (Å²) in [4.78, 5) is 10.5. The predicted octanol–water partition coefficient (Wildman–Crippen LogP) is 0.973. The second-order valence-corrected chi connectivity index (χ2v) is 4.27. The lowest BCUT2D eigenvalue weighted by atomic mass is 10.1. The van der Waals surface area contributed by atoms with Gasteiger partial charge in [0.1, 0.15) is 0 Å². The second kappa shape index (κ2) is 5.98. The molecule has 0 bridgehead atoms. The number of esters is 1. The van der Waals surface area contributed by atoms with Crippen LogP contribution in [0.2, 0.25) is 0 Å². The first-order chi connectivity index (χ1) is 6.35. The minimum atomic E-state index is -0.334. The Morgan fingerprint density at radius 3 is 2.29 bits per heavy atom. The molecule has 0 fully saturated rings. The predicted molar refractivity (Wildman–Crippen MR) is 52.9 cm³/mol. The molecular formula is C10H20O4. The number of aliphatic hydroxyl groups is 1. The smallest absolute Gasteiger partial charge is 0.302 e. The van der Waals surface area contributed by atoms with Crippen molar-refractivity contribution in [3.63, 3.8) is 0 Å². The third kappa shape index (κ3) is 8.01. The summed E-state index contributed by atoms with van der Waals surface area (Å²) in [7, 11) is 0. The lowest BCUT2D eigenvalue weighted by Gasteiger charge is -2.23. The maximum atomic E-state index is 10.5. The van der Waals surface area contributed by atoms with Crippen LogP contribution in [-0.2, 0) is 14.3 Å². The molecule has 0 heterocycles. The van der Waals surface area contributed by atoms with Gasteiger partial charge in [-0.1, -0.05) is 0 Å². The molecule has 4 heteroatoms. The number of carbonyl (C=O) groups is 1. The van der Waals surface area contributed by atoms with Gasteiger partial charge in [0.25, 0.3) is 0 Å². The van der Waals surface area contributed by atoms with Gasteiger partial charge in [0.15, 0.2) is 0 Å². The molecule has 0 amide bonds. The van der Waals surface area contributed by atoms with Crippen LogP contribution in [0.15, 0.2) is 0 Å². The highest BCUT2D eigenvalue weighted by Crippen LogP contribution is 2.09. The summed E-state index contributed by atoms with van der Waals surface area (Å²) in [5.41, 5.74) is -0.232. The zero-order chi connectivity index (χ0) is 11.2. The third-order valence-electron chi connectivity index (χ3n) is 1.53. The van der Waals surface area contributed by atoms with Crippen molar-refractivity contribution in [2.45, 2.75) is 33.3 Å². The Morgan fingerprint density at radius 2 is 1.93 bits per heavy atom. The fourth-order valence-corrected chi connectivity index (χ4v) is 0.757. The molecule has 1 atom stereocenters. The molecule has 0 saturated heterocycles. The van der Waals surface area contributed by atoms with Crippen LogP contribution in [0.25, 0.3) is 0 Å². The van der Waals surface area contributed by atoms with E-state index in [0.717, 1.165) is 0 Å². The van der Waals surface area contributed by atoms with Crippen LogP contribution in [0.1, 0.15) is 27.7 Å². The van der Waals surface area contributed by atoms with Crippen molar-refractivity contribution in [3.05, 3.63) is 0 Å². The summed E-state index contributed by atoms with van der Waals surface area (Å²) in [6, 6.07) is 0. The first-order valence-corrected chi connectivity index (χ1v) is 4.73. The van der Waals surface area contributed by atoms with Crippen LogP contribution in [0, 0.1) is 5.92 Å². The lowest BCUT2D eigenvalue weighted by Crippen LogP contribution is -2.28. The van der Waals surface area contributed by atoms with Gasteiger partial charge in [0.2, 0.25) is 0 Å². The first-order valence-electron chi connectivity index (χ1n) is 4.73. The number of rotatable bonds is 5. The molecule has 0 aromatic carbocycles. The molecule has 4 nitrogen and oxygen atoms in total. The Balaban J connectivity index is 3.74. The Bertz CT molecular complexity index is 171. The van der Waals surface area contributed by atoms with E-state index in [2.05, 4.69) is 0 Å². The summed E-state index contributed by atoms with van der Waals surface area (Å²) < 4.78 is 10.2. The molecule has 84 valence electrons. The van der Waals surface area contributed by atoms with Gasteiger partial charge < -0.3 is 14.6 Å². The summed E-state index contributed by atoms with van der Waals surface area (Å²) >= 11 is 0. The topological polar surface area (TPSA) is 55.8 Å². The minimum Gasteiger partial charge on any atom is -0.465 e. The summed E-state index contributed by atoms with van der Waals surface area (Å²) in [5, 5.41) is 8.96. The quantitative estimate of drug-likeness (QED) is 0.678. The zero-order valence-corrected chi connectivity index (χ0v) is 9.37.